The highest BCUT2D eigenvalue weighted by Crippen LogP contribution is 2.14. The molecule has 0 bridgehead atoms. The SMILES string of the molecule is C=C(NO)c1ccc(/C=N/N(C)C(=O)c2ccc(N(C)C)cc2)cc1. The van der Waals surface area contributed by atoms with E-state index < -0.39 is 0 Å². The molecule has 0 fully saturated rings. The van der Waals surface area contributed by atoms with E-state index in [-0.39, 0.29) is 5.91 Å². The molecule has 0 aromatic heterocycles. The molecule has 25 heavy (non-hydrogen) atoms. The van der Waals surface area contributed by atoms with E-state index in [0.29, 0.717) is 11.3 Å². The van der Waals surface area contributed by atoms with Gasteiger partial charge in [0.05, 0.1) is 11.9 Å². The van der Waals surface area contributed by atoms with Crippen LogP contribution in [0, 0.1) is 0 Å². The summed E-state index contributed by atoms with van der Waals surface area (Å²) in [6.07, 6.45) is 1.60. The van der Waals surface area contributed by atoms with Crippen molar-refractivity contribution in [3.05, 3.63) is 71.8 Å². The van der Waals surface area contributed by atoms with Gasteiger partial charge in [0.15, 0.2) is 0 Å². The Morgan fingerprint density at radius 2 is 1.60 bits per heavy atom. The Kier molecular flexibility index (Phi) is 5.92. The van der Waals surface area contributed by atoms with Crippen molar-refractivity contribution in [3.63, 3.8) is 0 Å². The molecule has 0 aliphatic rings. The van der Waals surface area contributed by atoms with Gasteiger partial charge in [-0.15, -0.1) is 0 Å². The first-order valence-electron chi connectivity index (χ1n) is 7.71. The van der Waals surface area contributed by atoms with Gasteiger partial charge in [0.2, 0.25) is 0 Å². The second kappa shape index (κ2) is 8.12. The number of nitrogens with zero attached hydrogens (tertiary/aromatic N) is 3. The van der Waals surface area contributed by atoms with Gasteiger partial charge in [0, 0.05) is 32.4 Å². The molecular formula is C19H22N4O2. The zero-order chi connectivity index (χ0) is 18.4. The molecule has 0 saturated heterocycles. The second-order valence-corrected chi connectivity index (χ2v) is 5.73. The first-order valence-corrected chi connectivity index (χ1v) is 7.71. The number of amides is 1. The molecule has 0 unspecified atom stereocenters. The maximum absolute atomic E-state index is 12.4. The van der Waals surface area contributed by atoms with Crippen molar-refractivity contribution in [2.24, 2.45) is 5.10 Å². The third-order valence-electron chi connectivity index (χ3n) is 3.70. The van der Waals surface area contributed by atoms with Gasteiger partial charge in [-0.05, 0) is 35.4 Å². The number of hydrogen-bond donors (Lipinski definition) is 2. The van der Waals surface area contributed by atoms with Gasteiger partial charge in [0.25, 0.3) is 5.91 Å². The van der Waals surface area contributed by atoms with Crippen molar-refractivity contribution in [2.75, 3.05) is 26.0 Å². The maximum Gasteiger partial charge on any atom is 0.273 e. The highest BCUT2D eigenvalue weighted by molar-refractivity contribution is 5.95. The van der Waals surface area contributed by atoms with E-state index in [9.17, 15) is 4.79 Å². The maximum atomic E-state index is 12.4. The van der Waals surface area contributed by atoms with Gasteiger partial charge in [-0.3, -0.25) is 15.5 Å². The van der Waals surface area contributed by atoms with Crippen molar-refractivity contribution < 1.29 is 10.0 Å². The zero-order valence-corrected chi connectivity index (χ0v) is 14.6. The van der Waals surface area contributed by atoms with Crippen LogP contribution in [0.3, 0.4) is 0 Å². The average molecular weight is 338 g/mol. The third-order valence-corrected chi connectivity index (χ3v) is 3.70. The van der Waals surface area contributed by atoms with Gasteiger partial charge < -0.3 is 4.90 Å². The molecule has 0 radical (unpaired) electrons. The molecule has 0 spiro atoms. The van der Waals surface area contributed by atoms with Crippen LogP contribution in [0.2, 0.25) is 0 Å². The van der Waals surface area contributed by atoms with Crippen LogP contribution >= 0.6 is 0 Å². The number of rotatable bonds is 6. The molecule has 0 atom stereocenters. The number of carbonyl (C=O) groups is 1. The molecule has 0 aliphatic heterocycles. The van der Waals surface area contributed by atoms with Crippen molar-refractivity contribution in [3.8, 4) is 0 Å². The molecular weight excluding hydrogens is 316 g/mol. The van der Waals surface area contributed by atoms with E-state index in [1.165, 1.54) is 5.01 Å². The summed E-state index contributed by atoms with van der Waals surface area (Å²) in [6.45, 7) is 3.67. The van der Waals surface area contributed by atoms with Crippen LogP contribution < -0.4 is 10.4 Å². The number of hydrazone groups is 1. The number of hydroxylamine groups is 1. The molecule has 1 amide bonds. The van der Waals surface area contributed by atoms with Crippen LogP contribution in [0.15, 0.2) is 60.2 Å². The minimum atomic E-state index is -0.184. The lowest BCUT2D eigenvalue weighted by molar-refractivity contribution is 0.0800. The van der Waals surface area contributed by atoms with Crippen LogP contribution in [0.1, 0.15) is 21.5 Å². The lowest BCUT2D eigenvalue weighted by atomic mass is 10.1. The van der Waals surface area contributed by atoms with E-state index in [1.54, 1.807) is 37.5 Å². The van der Waals surface area contributed by atoms with Gasteiger partial charge in [-0.1, -0.05) is 30.8 Å². The number of nitrogens with one attached hydrogen (secondary N) is 1. The molecule has 2 rings (SSSR count). The normalized spacial score (nSPS) is 10.6. The molecule has 0 aliphatic carbocycles. The van der Waals surface area contributed by atoms with Crippen LogP contribution in [0.5, 0.6) is 0 Å². The Balaban J connectivity index is 2.04. The third kappa shape index (κ3) is 4.68. The second-order valence-electron chi connectivity index (χ2n) is 5.73. The van der Waals surface area contributed by atoms with Crippen molar-refractivity contribution in [1.82, 2.24) is 10.5 Å². The minimum Gasteiger partial charge on any atom is -0.378 e. The standard InChI is InChI=1S/C19H22N4O2/c1-14(21-25)16-7-5-15(6-8-16)13-20-23(4)19(24)17-9-11-18(12-10-17)22(2)3/h5-13,21,25H,1H2,2-4H3/b20-13+. The number of benzene rings is 2. The monoisotopic (exact) mass is 338 g/mol. The fourth-order valence-corrected chi connectivity index (χ4v) is 2.13. The van der Waals surface area contributed by atoms with Gasteiger partial charge in [0.1, 0.15) is 0 Å². The fourth-order valence-electron chi connectivity index (χ4n) is 2.13. The highest BCUT2D eigenvalue weighted by Gasteiger charge is 2.10. The molecule has 0 saturated carbocycles. The Morgan fingerprint density at radius 1 is 1.04 bits per heavy atom. The van der Waals surface area contributed by atoms with Crippen LogP contribution in [0.4, 0.5) is 5.69 Å². The summed E-state index contributed by atoms with van der Waals surface area (Å²) in [5, 5.41) is 14.3. The van der Waals surface area contributed by atoms with Gasteiger partial charge in [-0.2, -0.15) is 5.10 Å². The smallest absolute Gasteiger partial charge is 0.273 e. The summed E-state index contributed by atoms with van der Waals surface area (Å²) in [5.74, 6) is -0.184. The molecule has 6 heteroatoms. The Hall–Kier alpha value is -3.12. The molecule has 2 aromatic carbocycles. The van der Waals surface area contributed by atoms with E-state index >= 15 is 0 Å². The molecule has 0 heterocycles. The fraction of sp³-hybridized carbons (Fsp3) is 0.158. The van der Waals surface area contributed by atoms with Crippen LogP contribution in [-0.2, 0) is 0 Å². The van der Waals surface area contributed by atoms with Gasteiger partial charge in [-0.25, -0.2) is 5.01 Å². The molecule has 2 aromatic rings. The lowest BCUT2D eigenvalue weighted by Crippen LogP contribution is -2.21. The lowest BCUT2D eigenvalue weighted by Gasteiger charge is -2.14. The van der Waals surface area contributed by atoms with Crippen molar-refractivity contribution >= 4 is 23.5 Å². The average Bonchev–Trinajstić information content (AvgIpc) is 2.65. The largest absolute Gasteiger partial charge is 0.378 e. The number of anilines is 1. The predicted molar refractivity (Wildman–Crippen MR) is 101 cm³/mol. The first-order chi connectivity index (χ1) is 11.9. The Labute approximate surface area is 147 Å². The highest BCUT2D eigenvalue weighted by atomic mass is 16.5. The predicted octanol–water partition coefficient (Wildman–Crippen LogP) is 2.81. The summed E-state index contributed by atoms with van der Waals surface area (Å²) in [4.78, 5) is 14.4. The Bertz CT molecular complexity index is 765. The summed E-state index contributed by atoms with van der Waals surface area (Å²) < 4.78 is 0. The van der Waals surface area contributed by atoms with E-state index in [1.807, 2.05) is 48.7 Å². The molecule has 2 N–H and O–H groups in total. The van der Waals surface area contributed by atoms with Crippen molar-refractivity contribution in [1.29, 1.82) is 0 Å². The van der Waals surface area contributed by atoms with E-state index in [2.05, 4.69) is 11.7 Å². The Morgan fingerprint density at radius 3 is 2.12 bits per heavy atom. The quantitative estimate of drug-likeness (QED) is 0.628. The van der Waals surface area contributed by atoms with Gasteiger partial charge >= 0.3 is 0 Å². The van der Waals surface area contributed by atoms with Crippen LogP contribution in [0.25, 0.3) is 5.70 Å². The summed E-state index contributed by atoms with van der Waals surface area (Å²) in [5.41, 5.74) is 5.63. The molecule has 130 valence electrons. The summed E-state index contributed by atoms with van der Waals surface area (Å²) in [6, 6.07) is 14.6. The first kappa shape index (κ1) is 18.2. The summed E-state index contributed by atoms with van der Waals surface area (Å²) in [7, 11) is 5.51. The number of carbonyl (C=O) groups excluding carboxylic acids is 1. The minimum absolute atomic E-state index is 0.184. The topological polar surface area (TPSA) is 68.2 Å². The number of hydrogen-bond acceptors (Lipinski definition) is 5. The summed E-state index contributed by atoms with van der Waals surface area (Å²) >= 11 is 0. The zero-order valence-electron chi connectivity index (χ0n) is 14.6. The van der Waals surface area contributed by atoms with Crippen molar-refractivity contribution in [2.45, 2.75) is 0 Å². The van der Waals surface area contributed by atoms with Crippen LogP contribution in [-0.4, -0.2) is 43.5 Å². The van der Waals surface area contributed by atoms with E-state index in [0.717, 1.165) is 16.8 Å². The molecule has 6 nitrogen and oxygen atoms in total. The van der Waals surface area contributed by atoms with E-state index in [4.69, 9.17) is 5.21 Å².